The number of carbonyl (C=O) groups is 1. The summed E-state index contributed by atoms with van der Waals surface area (Å²) in [6.45, 7) is 1.04. The molecule has 0 aliphatic carbocycles. The third-order valence-corrected chi connectivity index (χ3v) is 4.75. The van der Waals surface area contributed by atoms with Gasteiger partial charge in [0.05, 0.1) is 27.3 Å². The van der Waals surface area contributed by atoms with E-state index in [1.807, 2.05) is 0 Å². The van der Waals surface area contributed by atoms with E-state index in [9.17, 15) is 14.4 Å². The molecule has 0 saturated heterocycles. The number of aromatic nitrogens is 4. The number of ether oxygens (including phenoxy) is 3. The molecule has 2 heterocycles. The van der Waals surface area contributed by atoms with Crippen LogP contribution in [0.4, 0.5) is 0 Å². The second-order valence-electron chi connectivity index (χ2n) is 6.61. The fourth-order valence-electron chi connectivity index (χ4n) is 3.31. The Morgan fingerprint density at radius 1 is 1.16 bits per heavy atom. The van der Waals surface area contributed by atoms with Gasteiger partial charge < -0.3 is 18.8 Å². The zero-order valence-corrected chi connectivity index (χ0v) is 17.7. The summed E-state index contributed by atoms with van der Waals surface area (Å²) in [5, 5.41) is 0. The van der Waals surface area contributed by atoms with E-state index in [2.05, 4.69) is 10.9 Å². The third-order valence-electron chi connectivity index (χ3n) is 4.75. The Balaban J connectivity index is 2.28. The lowest BCUT2D eigenvalue weighted by Crippen LogP contribution is -2.41. The fourth-order valence-corrected chi connectivity index (χ4v) is 3.31. The molecule has 0 N–H and O–H groups in total. The van der Waals surface area contributed by atoms with Gasteiger partial charge in [-0.25, -0.2) is 14.3 Å². The first-order chi connectivity index (χ1) is 14.8. The summed E-state index contributed by atoms with van der Waals surface area (Å²) >= 11 is 0. The number of hydrogen-bond donors (Lipinski definition) is 0. The van der Waals surface area contributed by atoms with Gasteiger partial charge in [-0.1, -0.05) is 5.92 Å². The minimum absolute atomic E-state index is 0.0160. The summed E-state index contributed by atoms with van der Waals surface area (Å²) in [5.41, 5.74) is -0.161. The minimum atomic E-state index is -0.625. The van der Waals surface area contributed by atoms with Crippen molar-refractivity contribution in [3.05, 3.63) is 39.0 Å². The van der Waals surface area contributed by atoms with Crippen molar-refractivity contribution in [2.45, 2.75) is 20.0 Å². The number of rotatable bonds is 7. The van der Waals surface area contributed by atoms with E-state index in [-0.39, 0.29) is 30.9 Å². The van der Waals surface area contributed by atoms with Crippen molar-refractivity contribution < 1.29 is 19.0 Å². The number of aryl methyl sites for hydroxylation is 1. The number of carbonyl (C=O) groups excluding carboxylic acids is 1. The van der Waals surface area contributed by atoms with Gasteiger partial charge in [-0.3, -0.25) is 14.2 Å². The molecule has 3 aromatic rings. The van der Waals surface area contributed by atoms with Crippen LogP contribution in [0.1, 0.15) is 6.92 Å². The van der Waals surface area contributed by atoms with Crippen molar-refractivity contribution in [2.24, 2.45) is 7.05 Å². The first-order valence-corrected chi connectivity index (χ1v) is 9.33. The zero-order valence-electron chi connectivity index (χ0n) is 17.7. The average molecular weight is 426 g/mol. The van der Waals surface area contributed by atoms with Gasteiger partial charge in [0.25, 0.3) is 5.56 Å². The van der Waals surface area contributed by atoms with Crippen molar-refractivity contribution >= 4 is 17.1 Å². The Bertz CT molecular complexity index is 1310. The topological polar surface area (TPSA) is 107 Å². The van der Waals surface area contributed by atoms with Crippen molar-refractivity contribution in [2.75, 3.05) is 20.8 Å². The molecule has 0 fully saturated rings. The summed E-state index contributed by atoms with van der Waals surface area (Å²) in [4.78, 5) is 41.6. The van der Waals surface area contributed by atoms with E-state index in [0.717, 1.165) is 4.57 Å². The lowest BCUT2D eigenvalue weighted by atomic mass is 10.2. The molecule has 0 radical (unpaired) electrons. The highest BCUT2D eigenvalue weighted by Gasteiger charge is 2.21. The van der Waals surface area contributed by atoms with Crippen LogP contribution in [0.15, 0.2) is 27.8 Å². The van der Waals surface area contributed by atoms with Crippen LogP contribution in [-0.2, 0) is 29.7 Å². The molecular weight excluding hydrogens is 404 g/mol. The van der Waals surface area contributed by atoms with Gasteiger partial charge in [0.1, 0.15) is 12.4 Å². The first-order valence-electron chi connectivity index (χ1n) is 9.33. The van der Waals surface area contributed by atoms with E-state index in [1.54, 1.807) is 29.8 Å². The van der Waals surface area contributed by atoms with Gasteiger partial charge in [-0.05, 0) is 18.2 Å². The summed E-state index contributed by atoms with van der Waals surface area (Å²) in [7, 11) is 4.72. The predicted molar refractivity (Wildman–Crippen MR) is 113 cm³/mol. The van der Waals surface area contributed by atoms with Crippen molar-refractivity contribution in [1.29, 1.82) is 0 Å². The van der Waals surface area contributed by atoms with Crippen LogP contribution in [0.5, 0.6) is 11.5 Å². The molecule has 0 aliphatic rings. The van der Waals surface area contributed by atoms with Gasteiger partial charge in [-0.2, -0.15) is 0 Å². The van der Waals surface area contributed by atoms with Crippen LogP contribution in [0.25, 0.3) is 22.6 Å². The molecule has 1 aromatic carbocycles. The Morgan fingerprint density at radius 2 is 1.87 bits per heavy atom. The predicted octanol–water partition coefficient (Wildman–Crippen LogP) is 0.777. The maximum Gasteiger partial charge on any atom is 0.333 e. The van der Waals surface area contributed by atoms with Crippen LogP contribution >= 0.6 is 0 Å². The van der Waals surface area contributed by atoms with Crippen LogP contribution in [-0.4, -0.2) is 45.5 Å². The number of imidazole rings is 1. The smallest absolute Gasteiger partial charge is 0.333 e. The fraction of sp³-hybridized carbons (Fsp3) is 0.333. The van der Waals surface area contributed by atoms with Crippen molar-refractivity contribution in [3.63, 3.8) is 0 Å². The van der Waals surface area contributed by atoms with E-state index in [1.165, 1.54) is 25.7 Å². The number of nitrogens with zero attached hydrogens (tertiary/aromatic N) is 4. The highest BCUT2D eigenvalue weighted by Crippen LogP contribution is 2.32. The van der Waals surface area contributed by atoms with Crippen LogP contribution in [0, 0.1) is 12.3 Å². The molecule has 0 bridgehead atoms. The summed E-state index contributed by atoms with van der Waals surface area (Å²) in [5.74, 6) is 3.31. The van der Waals surface area contributed by atoms with Gasteiger partial charge >= 0.3 is 11.7 Å². The zero-order chi connectivity index (χ0) is 22.7. The molecule has 0 saturated carbocycles. The molecule has 2 aromatic heterocycles. The molecule has 0 unspecified atom stereocenters. The molecule has 10 nitrogen and oxygen atoms in total. The molecule has 3 rings (SSSR count). The Kier molecular flexibility index (Phi) is 6.15. The molecule has 0 spiro atoms. The first kappa shape index (κ1) is 21.7. The van der Waals surface area contributed by atoms with Gasteiger partial charge in [0.15, 0.2) is 22.7 Å². The number of methoxy groups -OCH3 is 2. The largest absolute Gasteiger partial charge is 0.493 e. The van der Waals surface area contributed by atoms with Crippen LogP contribution in [0.2, 0.25) is 0 Å². The van der Waals surface area contributed by atoms with Crippen molar-refractivity contribution in [3.8, 4) is 35.2 Å². The Morgan fingerprint density at radius 3 is 2.48 bits per heavy atom. The number of terminal acetylenes is 1. The van der Waals surface area contributed by atoms with E-state index in [4.69, 9.17) is 20.6 Å². The van der Waals surface area contributed by atoms with E-state index >= 15 is 0 Å². The second-order valence-corrected chi connectivity index (χ2v) is 6.61. The lowest BCUT2D eigenvalue weighted by molar-refractivity contribution is -0.141. The van der Waals surface area contributed by atoms with Crippen molar-refractivity contribution in [1.82, 2.24) is 18.7 Å². The number of fused-ring (bicyclic) bond motifs is 1. The molecule has 0 aliphatic heterocycles. The third kappa shape index (κ3) is 3.90. The summed E-state index contributed by atoms with van der Waals surface area (Å²) in [6.07, 6.45) is 5.35. The number of hydrogen-bond acceptors (Lipinski definition) is 7. The molecule has 31 heavy (non-hydrogen) atoms. The quantitative estimate of drug-likeness (QED) is 0.406. The highest BCUT2D eigenvalue weighted by atomic mass is 16.5. The molecule has 0 amide bonds. The van der Waals surface area contributed by atoms with Gasteiger partial charge in [0, 0.05) is 19.5 Å². The highest BCUT2D eigenvalue weighted by molar-refractivity contribution is 5.77. The maximum atomic E-state index is 13.0. The lowest BCUT2D eigenvalue weighted by Gasteiger charge is -2.10. The minimum Gasteiger partial charge on any atom is -0.493 e. The Hall–Kier alpha value is -4.00. The molecule has 0 atom stereocenters. The monoisotopic (exact) mass is 426 g/mol. The van der Waals surface area contributed by atoms with E-state index < -0.39 is 17.2 Å². The summed E-state index contributed by atoms with van der Waals surface area (Å²) in [6, 6.07) is 5.21. The average Bonchev–Trinajstić information content (AvgIpc) is 3.09. The van der Waals surface area contributed by atoms with E-state index in [0.29, 0.717) is 22.9 Å². The standard InChI is InChI=1S/C21H22N4O6/c1-6-9-25-20(27)17-19(24(21(25)28)10-11-31-13(2)26)22-18(23(17)3)14-7-8-15(29-4)16(12-14)30-5/h1,7-8,12H,9-11H2,2-5H3. The maximum absolute atomic E-state index is 13.0. The number of benzene rings is 1. The SMILES string of the molecule is C#CCn1c(=O)c2c(nc(-c3ccc(OC)c(OC)c3)n2C)n(CCOC(C)=O)c1=O. The normalized spacial score (nSPS) is 10.7. The number of esters is 1. The van der Waals surface area contributed by atoms with Gasteiger partial charge in [-0.15, -0.1) is 6.42 Å². The Labute approximate surface area is 177 Å². The molecule has 10 heteroatoms. The van der Waals surface area contributed by atoms with Crippen LogP contribution < -0.4 is 20.7 Å². The molecular formula is C21H22N4O6. The summed E-state index contributed by atoms with van der Waals surface area (Å²) < 4.78 is 19.4. The van der Waals surface area contributed by atoms with Crippen LogP contribution in [0.3, 0.4) is 0 Å². The molecule has 162 valence electrons. The van der Waals surface area contributed by atoms with Gasteiger partial charge in [0.2, 0.25) is 0 Å². The second kappa shape index (κ2) is 8.79.